The first-order chi connectivity index (χ1) is 7.99. The zero-order valence-corrected chi connectivity index (χ0v) is 11.0. The summed E-state index contributed by atoms with van der Waals surface area (Å²) in [5, 5.41) is 0. The first kappa shape index (κ1) is 12.9. The van der Waals surface area contributed by atoms with E-state index in [4.69, 9.17) is 10.5 Å². The van der Waals surface area contributed by atoms with Crippen LogP contribution in [0.5, 0.6) is 0 Å². The highest BCUT2D eigenvalue weighted by atomic mass is 79.9. The summed E-state index contributed by atoms with van der Waals surface area (Å²) in [6.07, 6.45) is 1.58. The molecule has 0 radical (unpaired) electrons. The van der Waals surface area contributed by atoms with Crippen molar-refractivity contribution in [3.05, 3.63) is 33.8 Å². The third kappa shape index (κ3) is 2.67. The number of ether oxygens (including phenoxy) is 1. The topological polar surface area (TPSA) is 35.2 Å². The second-order valence-electron chi connectivity index (χ2n) is 4.38. The van der Waals surface area contributed by atoms with Crippen LogP contribution in [0.25, 0.3) is 0 Å². The van der Waals surface area contributed by atoms with Crippen molar-refractivity contribution in [2.75, 3.05) is 0 Å². The maximum Gasteiger partial charge on any atom is 0.137 e. The maximum absolute atomic E-state index is 13.7. The SMILES string of the molecule is CC1CCC(C(N)c2cc(F)c(Br)cc2F)O1. The Balaban J connectivity index is 2.24. The number of hydrogen-bond acceptors (Lipinski definition) is 2. The predicted octanol–water partition coefficient (Wildman–Crippen LogP) is 3.29. The van der Waals surface area contributed by atoms with Crippen LogP contribution in [0, 0.1) is 11.6 Å². The second-order valence-corrected chi connectivity index (χ2v) is 5.23. The standard InChI is InChI=1S/C12H14BrF2NO/c1-6-2-3-11(17-6)12(16)7-4-10(15)8(13)5-9(7)14/h4-6,11-12H,2-3,16H2,1H3. The smallest absolute Gasteiger partial charge is 0.137 e. The van der Waals surface area contributed by atoms with Crippen LogP contribution in [0.2, 0.25) is 0 Å². The molecule has 3 unspecified atom stereocenters. The largest absolute Gasteiger partial charge is 0.373 e. The highest BCUT2D eigenvalue weighted by Crippen LogP contribution is 2.31. The molecular formula is C12H14BrF2NO. The Hall–Kier alpha value is -0.520. The number of hydrogen-bond donors (Lipinski definition) is 1. The van der Waals surface area contributed by atoms with Gasteiger partial charge in [0.1, 0.15) is 11.6 Å². The molecular weight excluding hydrogens is 292 g/mol. The van der Waals surface area contributed by atoms with Gasteiger partial charge in [-0.15, -0.1) is 0 Å². The summed E-state index contributed by atoms with van der Waals surface area (Å²) < 4.78 is 32.8. The van der Waals surface area contributed by atoms with Gasteiger partial charge in [0.15, 0.2) is 0 Å². The van der Waals surface area contributed by atoms with E-state index in [0.717, 1.165) is 25.0 Å². The van der Waals surface area contributed by atoms with Crippen molar-refractivity contribution >= 4 is 15.9 Å². The molecule has 2 nitrogen and oxygen atoms in total. The molecule has 2 N–H and O–H groups in total. The fourth-order valence-electron chi connectivity index (χ4n) is 2.09. The molecule has 1 fully saturated rings. The summed E-state index contributed by atoms with van der Waals surface area (Å²) >= 11 is 2.94. The first-order valence-corrected chi connectivity index (χ1v) is 6.34. The average Bonchev–Trinajstić information content (AvgIpc) is 2.69. The van der Waals surface area contributed by atoms with E-state index in [1.807, 2.05) is 6.92 Å². The van der Waals surface area contributed by atoms with Crippen molar-refractivity contribution in [3.63, 3.8) is 0 Å². The Labute approximate surface area is 107 Å². The van der Waals surface area contributed by atoms with Crippen LogP contribution < -0.4 is 5.73 Å². The summed E-state index contributed by atoms with van der Waals surface area (Å²) in [7, 11) is 0. The van der Waals surface area contributed by atoms with E-state index in [9.17, 15) is 8.78 Å². The monoisotopic (exact) mass is 305 g/mol. The average molecular weight is 306 g/mol. The van der Waals surface area contributed by atoms with E-state index >= 15 is 0 Å². The van der Waals surface area contributed by atoms with Crippen LogP contribution in [0.15, 0.2) is 16.6 Å². The van der Waals surface area contributed by atoms with Crippen LogP contribution in [-0.2, 0) is 4.74 Å². The highest BCUT2D eigenvalue weighted by Gasteiger charge is 2.30. The summed E-state index contributed by atoms with van der Waals surface area (Å²) in [6.45, 7) is 1.95. The summed E-state index contributed by atoms with van der Waals surface area (Å²) in [5.74, 6) is -1.02. The van der Waals surface area contributed by atoms with E-state index in [1.165, 1.54) is 0 Å². The summed E-state index contributed by atoms with van der Waals surface area (Å²) in [4.78, 5) is 0. The van der Waals surface area contributed by atoms with Crippen molar-refractivity contribution in [3.8, 4) is 0 Å². The molecule has 1 heterocycles. The number of nitrogens with two attached hydrogens (primary N) is 1. The molecule has 1 aromatic rings. The Kier molecular flexibility index (Phi) is 3.80. The van der Waals surface area contributed by atoms with Crippen LogP contribution >= 0.6 is 15.9 Å². The lowest BCUT2D eigenvalue weighted by Crippen LogP contribution is -2.27. The van der Waals surface area contributed by atoms with Crippen molar-refractivity contribution in [1.82, 2.24) is 0 Å². The van der Waals surface area contributed by atoms with E-state index in [-0.39, 0.29) is 22.2 Å². The lowest BCUT2D eigenvalue weighted by atomic mass is 9.99. The van der Waals surface area contributed by atoms with Crippen molar-refractivity contribution in [1.29, 1.82) is 0 Å². The van der Waals surface area contributed by atoms with Gasteiger partial charge in [-0.05, 0) is 47.8 Å². The Morgan fingerprint density at radius 3 is 2.65 bits per heavy atom. The Morgan fingerprint density at radius 1 is 1.35 bits per heavy atom. The third-order valence-corrected chi connectivity index (χ3v) is 3.67. The molecule has 17 heavy (non-hydrogen) atoms. The second kappa shape index (κ2) is 5.00. The fraction of sp³-hybridized carbons (Fsp3) is 0.500. The molecule has 3 atom stereocenters. The van der Waals surface area contributed by atoms with Gasteiger partial charge in [0, 0.05) is 5.56 Å². The van der Waals surface area contributed by atoms with Crippen molar-refractivity contribution in [2.45, 2.75) is 38.0 Å². The quantitative estimate of drug-likeness (QED) is 0.851. The summed E-state index contributed by atoms with van der Waals surface area (Å²) in [6, 6.07) is 1.61. The molecule has 0 bridgehead atoms. The molecule has 1 aliphatic rings. The van der Waals surface area contributed by atoms with E-state index in [0.29, 0.717) is 0 Å². The van der Waals surface area contributed by atoms with Gasteiger partial charge >= 0.3 is 0 Å². The van der Waals surface area contributed by atoms with Crippen LogP contribution in [0.3, 0.4) is 0 Å². The van der Waals surface area contributed by atoms with Gasteiger partial charge in [0.2, 0.25) is 0 Å². The molecule has 1 aliphatic heterocycles. The molecule has 1 aromatic carbocycles. The summed E-state index contributed by atoms with van der Waals surface area (Å²) in [5.41, 5.74) is 6.11. The van der Waals surface area contributed by atoms with Gasteiger partial charge in [0.25, 0.3) is 0 Å². The van der Waals surface area contributed by atoms with Gasteiger partial charge in [-0.1, -0.05) is 0 Å². The van der Waals surface area contributed by atoms with Crippen molar-refractivity contribution < 1.29 is 13.5 Å². The minimum atomic E-state index is -0.623. The predicted molar refractivity (Wildman–Crippen MR) is 64.6 cm³/mol. The first-order valence-electron chi connectivity index (χ1n) is 5.54. The molecule has 1 saturated heterocycles. The van der Waals surface area contributed by atoms with Gasteiger partial charge in [-0.2, -0.15) is 0 Å². The van der Waals surface area contributed by atoms with Crippen molar-refractivity contribution in [2.24, 2.45) is 5.73 Å². The van der Waals surface area contributed by atoms with Gasteiger partial charge in [0.05, 0.1) is 22.7 Å². The van der Waals surface area contributed by atoms with Crippen LogP contribution in [-0.4, -0.2) is 12.2 Å². The zero-order chi connectivity index (χ0) is 12.6. The Morgan fingerprint density at radius 2 is 2.06 bits per heavy atom. The van der Waals surface area contributed by atoms with E-state index in [2.05, 4.69) is 15.9 Å². The number of benzene rings is 1. The molecule has 0 spiro atoms. The number of rotatable bonds is 2. The minimum Gasteiger partial charge on any atom is -0.373 e. The van der Waals surface area contributed by atoms with Gasteiger partial charge in [-0.25, -0.2) is 8.78 Å². The normalized spacial score (nSPS) is 26.2. The lowest BCUT2D eigenvalue weighted by Gasteiger charge is -2.20. The lowest BCUT2D eigenvalue weighted by molar-refractivity contribution is 0.0394. The van der Waals surface area contributed by atoms with Gasteiger partial charge < -0.3 is 10.5 Å². The van der Waals surface area contributed by atoms with Crippen LogP contribution in [0.1, 0.15) is 31.4 Å². The molecule has 0 amide bonds. The van der Waals surface area contributed by atoms with E-state index < -0.39 is 17.7 Å². The Bertz CT molecular complexity index is 427. The molecule has 0 saturated carbocycles. The molecule has 0 aromatic heterocycles. The highest BCUT2D eigenvalue weighted by molar-refractivity contribution is 9.10. The van der Waals surface area contributed by atoms with E-state index in [1.54, 1.807) is 0 Å². The van der Waals surface area contributed by atoms with Gasteiger partial charge in [-0.3, -0.25) is 0 Å². The molecule has 5 heteroatoms. The minimum absolute atomic E-state index is 0.103. The molecule has 2 rings (SSSR count). The zero-order valence-electron chi connectivity index (χ0n) is 9.42. The molecule has 94 valence electrons. The van der Waals surface area contributed by atoms with Crippen LogP contribution in [0.4, 0.5) is 8.78 Å². The third-order valence-electron chi connectivity index (χ3n) is 3.06. The fourth-order valence-corrected chi connectivity index (χ4v) is 2.41. The molecule has 0 aliphatic carbocycles. The number of halogens is 3. The maximum atomic E-state index is 13.7.